The second kappa shape index (κ2) is 6.65. The Balaban J connectivity index is 1.69. The summed E-state index contributed by atoms with van der Waals surface area (Å²) in [6.45, 7) is 2.51. The lowest BCUT2D eigenvalue weighted by Gasteiger charge is -2.29. The lowest BCUT2D eigenvalue weighted by Crippen LogP contribution is -2.39. The molecule has 4 nitrogen and oxygen atoms in total. The molecular formula is C19H20N2O2. The third kappa shape index (κ3) is 3.42. The third-order valence-electron chi connectivity index (χ3n) is 4.12. The lowest BCUT2D eigenvalue weighted by atomic mass is 10.0. The third-order valence-corrected chi connectivity index (χ3v) is 4.12. The summed E-state index contributed by atoms with van der Waals surface area (Å²) in [5, 5.41) is 3.12. The minimum Gasteiger partial charge on any atom is -0.376 e. The molecule has 0 bridgehead atoms. The highest BCUT2D eigenvalue weighted by atomic mass is 16.2. The first kappa shape index (κ1) is 15.3. The Morgan fingerprint density at radius 3 is 2.78 bits per heavy atom. The van der Waals surface area contributed by atoms with Gasteiger partial charge in [-0.3, -0.25) is 9.59 Å². The van der Waals surface area contributed by atoms with Gasteiger partial charge in [0.05, 0.1) is 6.54 Å². The number of carbonyl (C=O) groups is 2. The summed E-state index contributed by atoms with van der Waals surface area (Å²) in [5.74, 6) is 0.0651. The number of hydrogen-bond acceptors (Lipinski definition) is 3. The van der Waals surface area contributed by atoms with Crippen molar-refractivity contribution in [2.24, 2.45) is 0 Å². The number of nitrogens with one attached hydrogen (secondary N) is 1. The van der Waals surface area contributed by atoms with Crippen molar-refractivity contribution >= 4 is 23.1 Å². The minimum absolute atomic E-state index is 0.0185. The standard InChI is InChI=1S/C19H20N2O2/c1-14(22)16-7-4-9-17(12-16)20-13-19(23)21-11-5-8-15-6-2-3-10-18(15)21/h2-4,6-7,9-10,12,20H,5,8,11,13H2,1H3. The molecule has 1 heterocycles. The van der Waals surface area contributed by atoms with Crippen LogP contribution in [0, 0.1) is 0 Å². The molecule has 23 heavy (non-hydrogen) atoms. The molecule has 1 aliphatic heterocycles. The number of carbonyl (C=O) groups excluding carboxylic acids is 2. The fourth-order valence-corrected chi connectivity index (χ4v) is 2.91. The minimum atomic E-state index is 0.0185. The van der Waals surface area contributed by atoms with Gasteiger partial charge < -0.3 is 10.2 Å². The van der Waals surface area contributed by atoms with Crippen LogP contribution in [0.1, 0.15) is 29.3 Å². The SMILES string of the molecule is CC(=O)c1cccc(NCC(=O)N2CCCc3ccccc32)c1. The molecule has 0 aliphatic carbocycles. The van der Waals surface area contributed by atoms with Gasteiger partial charge in [0.1, 0.15) is 0 Å². The highest BCUT2D eigenvalue weighted by Crippen LogP contribution is 2.26. The van der Waals surface area contributed by atoms with Crippen LogP contribution in [0.4, 0.5) is 11.4 Å². The van der Waals surface area contributed by atoms with Crippen molar-refractivity contribution in [1.82, 2.24) is 0 Å². The monoisotopic (exact) mass is 308 g/mol. The molecule has 3 rings (SSSR count). The van der Waals surface area contributed by atoms with Gasteiger partial charge in [0.2, 0.25) is 5.91 Å². The van der Waals surface area contributed by atoms with Gasteiger partial charge in [-0.1, -0.05) is 30.3 Å². The molecule has 0 unspecified atom stereocenters. The van der Waals surface area contributed by atoms with E-state index in [2.05, 4.69) is 11.4 Å². The highest BCUT2D eigenvalue weighted by molar-refractivity contribution is 5.98. The molecule has 0 atom stereocenters. The van der Waals surface area contributed by atoms with Gasteiger partial charge in [-0.2, -0.15) is 0 Å². The molecule has 0 saturated carbocycles. The smallest absolute Gasteiger partial charge is 0.246 e. The summed E-state index contributed by atoms with van der Waals surface area (Å²) in [5.41, 5.74) is 3.68. The Hall–Kier alpha value is -2.62. The van der Waals surface area contributed by atoms with Crippen molar-refractivity contribution < 1.29 is 9.59 Å². The number of benzene rings is 2. The molecule has 2 aromatic carbocycles. The summed E-state index contributed by atoms with van der Waals surface area (Å²) in [7, 11) is 0. The van der Waals surface area contributed by atoms with Gasteiger partial charge in [0.15, 0.2) is 5.78 Å². The van der Waals surface area contributed by atoms with Crippen molar-refractivity contribution in [3.05, 3.63) is 59.7 Å². The van der Waals surface area contributed by atoms with Crippen LogP contribution < -0.4 is 10.2 Å². The van der Waals surface area contributed by atoms with Gasteiger partial charge in [-0.05, 0) is 43.5 Å². The number of Topliss-reactive ketones (excluding diaryl/α,β-unsaturated/α-hetero) is 1. The van der Waals surface area contributed by atoms with Crippen molar-refractivity contribution in [1.29, 1.82) is 0 Å². The van der Waals surface area contributed by atoms with E-state index < -0.39 is 0 Å². The second-order valence-electron chi connectivity index (χ2n) is 5.77. The number of ketones is 1. The number of hydrogen-bond donors (Lipinski definition) is 1. The molecular weight excluding hydrogens is 288 g/mol. The van der Waals surface area contributed by atoms with Crippen molar-refractivity contribution in [2.45, 2.75) is 19.8 Å². The van der Waals surface area contributed by atoms with Crippen LogP contribution in [0.25, 0.3) is 0 Å². The van der Waals surface area contributed by atoms with Crippen LogP contribution in [0.5, 0.6) is 0 Å². The second-order valence-corrected chi connectivity index (χ2v) is 5.77. The molecule has 0 aromatic heterocycles. The topological polar surface area (TPSA) is 49.4 Å². The van der Waals surface area contributed by atoms with Crippen molar-refractivity contribution in [2.75, 3.05) is 23.3 Å². The molecule has 1 aliphatic rings. The summed E-state index contributed by atoms with van der Waals surface area (Å²) in [6.07, 6.45) is 2.01. The summed E-state index contributed by atoms with van der Waals surface area (Å²) in [6, 6.07) is 15.3. The van der Waals surface area contributed by atoms with E-state index in [1.165, 1.54) is 12.5 Å². The molecule has 1 amide bonds. The fourth-order valence-electron chi connectivity index (χ4n) is 2.91. The number of amides is 1. The molecule has 1 N–H and O–H groups in total. The summed E-state index contributed by atoms with van der Waals surface area (Å²) in [4.78, 5) is 25.8. The van der Waals surface area contributed by atoms with E-state index >= 15 is 0 Å². The highest BCUT2D eigenvalue weighted by Gasteiger charge is 2.21. The van der Waals surface area contributed by atoms with Gasteiger partial charge in [0, 0.05) is 23.5 Å². The van der Waals surface area contributed by atoms with Crippen LogP contribution in [-0.2, 0) is 11.2 Å². The predicted molar refractivity (Wildman–Crippen MR) is 92.1 cm³/mol. The predicted octanol–water partition coefficient (Wildman–Crippen LogP) is 3.28. The number of rotatable bonds is 4. The Kier molecular flexibility index (Phi) is 4.42. The maximum absolute atomic E-state index is 12.5. The normalized spacial score (nSPS) is 13.3. The molecule has 0 radical (unpaired) electrons. The molecule has 0 saturated heterocycles. The van der Waals surface area contributed by atoms with E-state index in [1.807, 2.05) is 35.2 Å². The van der Waals surface area contributed by atoms with E-state index in [-0.39, 0.29) is 18.2 Å². The van der Waals surface area contributed by atoms with Crippen molar-refractivity contribution in [3.63, 3.8) is 0 Å². The van der Waals surface area contributed by atoms with E-state index in [9.17, 15) is 9.59 Å². The van der Waals surface area contributed by atoms with Gasteiger partial charge in [-0.25, -0.2) is 0 Å². The zero-order valence-electron chi connectivity index (χ0n) is 13.2. The largest absolute Gasteiger partial charge is 0.376 e. The average molecular weight is 308 g/mol. The van der Waals surface area contributed by atoms with Crippen LogP contribution in [-0.4, -0.2) is 24.8 Å². The molecule has 2 aromatic rings. The van der Waals surface area contributed by atoms with E-state index in [4.69, 9.17) is 0 Å². The van der Waals surface area contributed by atoms with Crippen LogP contribution in [0.2, 0.25) is 0 Å². The van der Waals surface area contributed by atoms with Crippen LogP contribution in [0.15, 0.2) is 48.5 Å². The Bertz CT molecular complexity index is 740. The zero-order valence-corrected chi connectivity index (χ0v) is 13.2. The first-order valence-corrected chi connectivity index (χ1v) is 7.88. The number of fused-ring (bicyclic) bond motifs is 1. The van der Waals surface area contributed by atoms with Gasteiger partial charge in [0.25, 0.3) is 0 Å². The molecule has 0 fully saturated rings. The first-order valence-electron chi connectivity index (χ1n) is 7.88. The molecule has 4 heteroatoms. The number of aryl methyl sites for hydroxylation is 1. The maximum atomic E-state index is 12.5. The number of para-hydroxylation sites is 1. The number of anilines is 2. The molecule has 0 spiro atoms. The summed E-state index contributed by atoms with van der Waals surface area (Å²) >= 11 is 0. The lowest BCUT2D eigenvalue weighted by molar-refractivity contribution is -0.117. The maximum Gasteiger partial charge on any atom is 0.246 e. The number of nitrogens with zero attached hydrogens (tertiary/aromatic N) is 1. The van der Waals surface area contributed by atoms with E-state index in [0.29, 0.717) is 5.56 Å². The molecule has 118 valence electrons. The summed E-state index contributed by atoms with van der Waals surface area (Å²) < 4.78 is 0. The average Bonchev–Trinajstić information content (AvgIpc) is 2.59. The quantitative estimate of drug-likeness (QED) is 0.882. The van der Waals surface area contributed by atoms with Gasteiger partial charge in [-0.15, -0.1) is 0 Å². The zero-order chi connectivity index (χ0) is 16.2. The van der Waals surface area contributed by atoms with Crippen molar-refractivity contribution in [3.8, 4) is 0 Å². The van der Waals surface area contributed by atoms with Gasteiger partial charge >= 0.3 is 0 Å². The fraction of sp³-hybridized carbons (Fsp3) is 0.263. The van der Waals surface area contributed by atoms with Crippen LogP contribution >= 0.6 is 0 Å². The van der Waals surface area contributed by atoms with E-state index in [1.54, 1.807) is 12.1 Å². The Morgan fingerprint density at radius 2 is 1.96 bits per heavy atom. The van der Waals surface area contributed by atoms with E-state index in [0.717, 1.165) is 30.8 Å². The first-order chi connectivity index (χ1) is 11.1. The Labute approximate surface area is 136 Å². The van der Waals surface area contributed by atoms with Crippen LogP contribution in [0.3, 0.4) is 0 Å². The Morgan fingerprint density at radius 1 is 1.13 bits per heavy atom.